The molecule has 0 fully saturated rings. The largest absolute Gasteiger partial charge is 0.483 e. The number of ether oxygens (including phenoxy) is 1. The quantitative estimate of drug-likeness (QED) is 0.408. The summed E-state index contributed by atoms with van der Waals surface area (Å²) in [5, 5.41) is 2.98. The van der Waals surface area contributed by atoms with E-state index in [2.05, 4.69) is 35.1 Å². The Morgan fingerprint density at radius 2 is 1.82 bits per heavy atom. The lowest BCUT2D eigenvalue weighted by molar-refractivity contribution is -0.143. The first-order valence-electron chi connectivity index (χ1n) is 11.7. The van der Waals surface area contributed by atoms with Gasteiger partial charge in [-0.3, -0.25) is 9.59 Å². The molecule has 0 radical (unpaired) electrons. The lowest BCUT2D eigenvalue weighted by atomic mass is 10.0. The summed E-state index contributed by atoms with van der Waals surface area (Å²) >= 11 is 3.55. The monoisotopic (exact) mass is 516 g/mol. The van der Waals surface area contributed by atoms with E-state index in [1.165, 1.54) is 5.56 Å². The van der Waals surface area contributed by atoms with Crippen LogP contribution in [0.2, 0.25) is 0 Å². The van der Waals surface area contributed by atoms with Crippen LogP contribution in [-0.2, 0) is 16.1 Å². The summed E-state index contributed by atoms with van der Waals surface area (Å²) < 4.78 is 6.69. The summed E-state index contributed by atoms with van der Waals surface area (Å²) in [6, 6.07) is 13.4. The third-order valence-electron chi connectivity index (χ3n) is 5.48. The van der Waals surface area contributed by atoms with Gasteiger partial charge in [-0.25, -0.2) is 0 Å². The zero-order valence-electron chi connectivity index (χ0n) is 20.7. The Morgan fingerprint density at radius 1 is 1.09 bits per heavy atom. The fraction of sp³-hybridized carbons (Fsp3) is 0.481. The molecule has 1 N–H and O–H groups in total. The zero-order chi connectivity index (χ0) is 24.5. The highest BCUT2D eigenvalue weighted by molar-refractivity contribution is 9.10. The minimum Gasteiger partial charge on any atom is -0.483 e. The fourth-order valence-electron chi connectivity index (χ4n) is 3.56. The summed E-state index contributed by atoms with van der Waals surface area (Å²) in [7, 11) is 0. The minimum absolute atomic E-state index is 0.130. The number of hydrogen-bond donors (Lipinski definition) is 1. The van der Waals surface area contributed by atoms with Crippen LogP contribution in [0, 0.1) is 12.8 Å². The second kappa shape index (κ2) is 12.8. The number of nitrogens with one attached hydrogen (secondary N) is 1. The maximum Gasteiger partial charge on any atom is 0.261 e. The molecule has 0 saturated heterocycles. The Bertz CT molecular complexity index is 943. The highest BCUT2D eigenvalue weighted by atomic mass is 79.9. The summed E-state index contributed by atoms with van der Waals surface area (Å²) in [6.07, 6.45) is 0.522. The first-order valence-corrected chi connectivity index (χ1v) is 12.5. The molecule has 0 aliphatic carbocycles. The maximum absolute atomic E-state index is 13.3. The van der Waals surface area contributed by atoms with Crippen LogP contribution in [0.15, 0.2) is 46.9 Å². The molecule has 0 saturated carbocycles. The summed E-state index contributed by atoms with van der Waals surface area (Å²) in [5.74, 6) is 0.997. The van der Waals surface area contributed by atoms with E-state index in [1.807, 2.05) is 70.2 Å². The van der Waals surface area contributed by atoms with Gasteiger partial charge < -0.3 is 15.0 Å². The van der Waals surface area contributed by atoms with Crippen molar-refractivity contribution in [2.45, 2.75) is 66.5 Å². The van der Waals surface area contributed by atoms with Gasteiger partial charge in [0.1, 0.15) is 11.8 Å². The van der Waals surface area contributed by atoms with Gasteiger partial charge in [0.2, 0.25) is 5.91 Å². The Hall–Kier alpha value is -2.34. The van der Waals surface area contributed by atoms with Gasteiger partial charge in [0.25, 0.3) is 5.91 Å². The maximum atomic E-state index is 13.3. The lowest BCUT2D eigenvalue weighted by Gasteiger charge is -2.31. The molecule has 33 heavy (non-hydrogen) atoms. The molecule has 2 aromatic carbocycles. The van der Waals surface area contributed by atoms with Gasteiger partial charge >= 0.3 is 0 Å². The van der Waals surface area contributed by atoms with Crippen LogP contribution in [-0.4, -0.2) is 35.9 Å². The fourth-order valence-corrected chi connectivity index (χ4v) is 4.08. The van der Waals surface area contributed by atoms with Crippen molar-refractivity contribution in [2.24, 2.45) is 5.92 Å². The Morgan fingerprint density at radius 3 is 2.39 bits per heavy atom. The van der Waals surface area contributed by atoms with Gasteiger partial charge in [0.15, 0.2) is 6.61 Å². The molecular weight excluding hydrogens is 480 g/mol. The van der Waals surface area contributed by atoms with Crippen molar-refractivity contribution in [1.82, 2.24) is 10.2 Å². The third-order valence-corrected chi connectivity index (χ3v) is 6.10. The minimum atomic E-state index is -0.563. The SMILES string of the molecule is CCC(C(=O)NCC(C)C)N(Cc1cccc(C)c1)C(=O)COc1ccc(C(C)C)cc1Br. The van der Waals surface area contributed by atoms with Crippen molar-refractivity contribution >= 4 is 27.7 Å². The van der Waals surface area contributed by atoms with Gasteiger partial charge in [-0.1, -0.05) is 70.5 Å². The van der Waals surface area contributed by atoms with Crippen LogP contribution in [0.5, 0.6) is 5.75 Å². The number of benzene rings is 2. The van der Waals surface area contributed by atoms with Gasteiger partial charge in [0.05, 0.1) is 4.47 Å². The number of nitrogens with zero attached hydrogens (tertiary/aromatic N) is 1. The molecule has 2 rings (SSSR count). The molecule has 2 aromatic rings. The van der Waals surface area contributed by atoms with Crippen LogP contribution < -0.4 is 10.1 Å². The molecular formula is C27H37BrN2O3. The lowest BCUT2D eigenvalue weighted by Crippen LogP contribution is -2.50. The number of aryl methyl sites for hydroxylation is 1. The molecule has 5 nitrogen and oxygen atoms in total. The van der Waals surface area contributed by atoms with E-state index in [9.17, 15) is 9.59 Å². The molecule has 0 aromatic heterocycles. The van der Waals surface area contributed by atoms with E-state index in [4.69, 9.17) is 4.74 Å². The molecule has 6 heteroatoms. The first-order chi connectivity index (χ1) is 15.6. The number of amides is 2. The van der Waals surface area contributed by atoms with Gasteiger partial charge in [0, 0.05) is 13.1 Å². The van der Waals surface area contributed by atoms with Crippen molar-refractivity contribution < 1.29 is 14.3 Å². The molecule has 0 aliphatic heterocycles. The third kappa shape index (κ3) is 8.18. The second-order valence-electron chi connectivity index (χ2n) is 9.21. The zero-order valence-corrected chi connectivity index (χ0v) is 22.2. The molecule has 1 unspecified atom stereocenters. The topological polar surface area (TPSA) is 58.6 Å². The highest BCUT2D eigenvalue weighted by Crippen LogP contribution is 2.29. The standard InChI is InChI=1S/C27H37BrN2O3/c1-7-24(27(32)29-15-18(2)3)30(16-21-10-8-9-20(6)13-21)26(31)17-33-25-12-11-22(19(4)5)14-23(25)28/h8-14,18-19,24H,7,15-17H2,1-6H3,(H,29,32). The van der Waals surface area contributed by atoms with Crippen LogP contribution >= 0.6 is 15.9 Å². The second-order valence-corrected chi connectivity index (χ2v) is 10.1. The average molecular weight is 518 g/mol. The van der Waals surface area contributed by atoms with Crippen molar-refractivity contribution in [3.8, 4) is 5.75 Å². The molecule has 0 heterocycles. The smallest absolute Gasteiger partial charge is 0.261 e. The summed E-state index contributed by atoms with van der Waals surface area (Å²) in [6.45, 7) is 13.1. The first kappa shape index (κ1) is 26.9. The van der Waals surface area contributed by atoms with Crippen LogP contribution in [0.25, 0.3) is 0 Å². The predicted molar refractivity (Wildman–Crippen MR) is 137 cm³/mol. The molecule has 1 atom stereocenters. The Kier molecular flexibility index (Phi) is 10.4. The molecule has 0 aliphatic rings. The van der Waals surface area contributed by atoms with E-state index in [1.54, 1.807) is 4.90 Å². The molecule has 0 bridgehead atoms. The van der Waals surface area contributed by atoms with Gasteiger partial charge in [-0.05, 0) is 64.4 Å². The normalized spacial score (nSPS) is 12.0. The van der Waals surface area contributed by atoms with Crippen LogP contribution in [0.3, 0.4) is 0 Å². The van der Waals surface area contributed by atoms with E-state index in [0.29, 0.717) is 37.1 Å². The van der Waals surface area contributed by atoms with E-state index in [0.717, 1.165) is 15.6 Å². The van der Waals surface area contributed by atoms with Crippen molar-refractivity contribution in [2.75, 3.05) is 13.2 Å². The number of carbonyl (C=O) groups excluding carboxylic acids is 2. The number of carbonyl (C=O) groups is 2. The van der Waals surface area contributed by atoms with Crippen molar-refractivity contribution in [3.05, 3.63) is 63.6 Å². The highest BCUT2D eigenvalue weighted by Gasteiger charge is 2.29. The van der Waals surface area contributed by atoms with Crippen LogP contribution in [0.1, 0.15) is 63.6 Å². The van der Waals surface area contributed by atoms with Crippen molar-refractivity contribution in [3.63, 3.8) is 0 Å². The van der Waals surface area contributed by atoms with E-state index in [-0.39, 0.29) is 18.4 Å². The molecule has 2 amide bonds. The Labute approximate surface area is 207 Å². The van der Waals surface area contributed by atoms with Crippen molar-refractivity contribution in [1.29, 1.82) is 0 Å². The number of halogens is 1. The van der Waals surface area contributed by atoms with E-state index >= 15 is 0 Å². The summed E-state index contributed by atoms with van der Waals surface area (Å²) in [5.41, 5.74) is 3.29. The molecule has 0 spiro atoms. The van der Waals surface area contributed by atoms with E-state index < -0.39 is 6.04 Å². The number of hydrogen-bond acceptors (Lipinski definition) is 3. The number of rotatable bonds is 11. The van der Waals surface area contributed by atoms with Gasteiger partial charge in [-0.2, -0.15) is 0 Å². The average Bonchev–Trinajstić information content (AvgIpc) is 2.76. The predicted octanol–water partition coefficient (Wildman–Crippen LogP) is 5.84. The molecule has 180 valence electrons. The van der Waals surface area contributed by atoms with Crippen LogP contribution in [0.4, 0.5) is 0 Å². The van der Waals surface area contributed by atoms with Gasteiger partial charge in [-0.15, -0.1) is 0 Å². The Balaban J connectivity index is 2.22. The summed E-state index contributed by atoms with van der Waals surface area (Å²) in [4.78, 5) is 27.9.